The number of carbonyl (C=O) groups is 2. The minimum Gasteiger partial charge on any atom is -0.482 e. The third-order valence-corrected chi connectivity index (χ3v) is 6.63. The highest BCUT2D eigenvalue weighted by Gasteiger charge is 2.25. The summed E-state index contributed by atoms with van der Waals surface area (Å²) < 4.78 is 6.55. The molecular formula is C18H19BrN2O3S2. The van der Waals surface area contributed by atoms with Gasteiger partial charge in [-0.2, -0.15) is 11.8 Å². The SMILES string of the molecule is O=C(CCN1C(=O)COc2ccccc21)NCCSCc1ccc(Br)s1. The zero-order chi connectivity index (χ0) is 18.4. The van der Waals surface area contributed by atoms with Gasteiger partial charge in [0.25, 0.3) is 5.91 Å². The Bertz CT molecular complexity index is 781. The molecule has 1 aromatic carbocycles. The minimum absolute atomic E-state index is 0.0219. The van der Waals surface area contributed by atoms with Crippen LogP contribution in [0.1, 0.15) is 11.3 Å². The average Bonchev–Trinajstić information content (AvgIpc) is 3.06. The fraction of sp³-hybridized carbons (Fsp3) is 0.333. The fourth-order valence-corrected chi connectivity index (χ4v) is 5.02. The van der Waals surface area contributed by atoms with Crippen LogP contribution < -0.4 is 15.0 Å². The molecule has 0 spiro atoms. The molecule has 1 aliphatic heterocycles. The van der Waals surface area contributed by atoms with Crippen LogP contribution in [0.25, 0.3) is 0 Å². The molecule has 0 unspecified atom stereocenters. The van der Waals surface area contributed by atoms with Crippen molar-refractivity contribution < 1.29 is 14.3 Å². The Labute approximate surface area is 169 Å². The molecular weight excluding hydrogens is 436 g/mol. The summed E-state index contributed by atoms with van der Waals surface area (Å²) in [4.78, 5) is 27.1. The highest BCUT2D eigenvalue weighted by atomic mass is 79.9. The number of halogens is 1. The quantitative estimate of drug-likeness (QED) is 0.618. The number of nitrogens with zero attached hydrogens (tertiary/aromatic N) is 1. The first-order valence-electron chi connectivity index (χ1n) is 8.24. The van der Waals surface area contributed by atoms with Crippen molar-refractivity contribution in [1.29, 1.82) is 0 Å². The maximum Gasteiger partial charge on any atom is 0.265 e. The number of carbonyl (C=O) groups excluding carboxylic acids is 2. The summed E-state index contributed by atoms with van der Waals surface area (Å²) in [5.74, 6) is 2.34. The molecule has 0 bridgehead atoms. The molecule has 0 fully saturated rings. The van der Waals surface area contributed by atoms with Crippen LogP contribution in [0.2, 0.25) is 0 Å². The van der Waals surface area contributed by atoms with Crippen LogP contribution in [0, 0.1) is 0 Å². The van der Waals surface area contributed by atoms with Crippen molar-refractivity contribution in [3.05, 3.63) is 45.1 Å². The normalized spacial score (nSPS) is 13.3. The number of thioether (sulfide) groups is 1. The van der Waals surface area contributed by atoms with E-state index in [1.54, 1.807) is 28.0 Å². The maximum absolute atomic E-state index is 12.1. The Balaban J connectivity index is 1.37. The number of amides is 2. The fourth-order valence-electron chi connectivity index (χ4n) is 2.57. The van der Waals surface area contributed by atoms with Gasteiger partial charge >= 0.3 is 0 Å². The van der Waals surface area contributed by atoms with Crippen LogP contribution in [0.3, 0.4) is 0 Å². The van der Waals surface area contributed by atoms with Gasteiger partial charge < -0.3 is 15.0 Å². The summed E-state index contributed by atoms with van der Waals surface area (Å²) in [5.41, 5.74) is 0.731. The molecule has 2 aromatic rings. The van der Waals surface area contributed by atoms with Gasteiger partial charge in [0.05, 0.1) is 9.47 Å². The van der Waals surface area contributed by atoms with E-state index in [0.717, 1.165) is 21.0 Å². The van der Waals surface area contributed by atoms with Crippen molar-refractivity contribution in [2.75, 3.05) is 30.3 Å². The number of fused-ring (bicyclic) bond motifs is 1. The molecule has 0 atom stereocenters. The van der Waals surface area contributed by atoms with Crippen LogP contribution in [0.5, 0.6) is 5.75 Å². The van der Waals surface area contributed by atoms with E-state index in [9.17, 15) is 9.59 Å². The molecule has 0 saturated carbocycles. The Morgan fingerprint density at radius 1 is 1.31 bits per heavy atom. The molecule has 8 heteroatoms. The predicted molar refractivity (Wildman–Crippen MR) is 110 cm³/mol. The van der Waals surface area contributed by atoms with Crippen molar-refractivity contribution in [3.63, 3.8) is 0 Å². The van der Waals surface area contributed by atoms with Gasteiger partial charge in [-0.25, -0.2) is 0 Å². The van der Waals surface area contributed by atoms with Crippen molar-refractivity contribution in [1.82, 2.24) is 5.32 Å². The van der Waals surface area contributed by atoms with Gasteiger partial charge in [-0.05, 0) is 40.2 Å². The summed E-state index contributed by atoms with van der Waals surface area (Å²) in [6.45, 7) is 1.01. The van der Waals surface area contributed by atoms with Gasteiger partial charge in [-0.3, -0.25) is 9.59 Å². The van der Waals surface area contributed by atoms with E-state index < -0.39 is 0 Å². The molecule has 2 heterocycles. The first kappa shape index (κ1) is 19.3. The van der Waals surface area contributed by atoms with Gasteiger partial charge in [-0.1, -0.05) is 12.1 Å². The Morgan fingerprint density at radius 2 is 2.15 bits per heavy atom. The molecule has 3 rings (SSSR count). The van der Waals surface area contributed by atoms with Crippen molar-refractivity contribution in [2.24, 2.45) is 0 Å². The molecule has 26 heavy (non-hydrogen) atoms. The van der Waals surface area contributed by atoms with Gasteiger partial charge in [0, 0.05) is 35.9 Å². The van der Waals surface area contributed by atoms with Gasteiger partial charge in [0.15, 0.2) is 6.61 Å². The molecule has 1 aliphatic rings. The Kier molecular flexibility index (Phi) is 6.99. The van der Waals surface area contributed by atoms with E-state index in [2.05, 4.69) is 27.3 Å². The van der Waals surface area contributed by atoms with E-state index in [-0.39, 0.29) is 24.8 Å². The molecule has 138 valence electrons. The highest BCUT2D eigenvalue weighted by molar-refractivity contribution is 9.11. The second-order valence-corrected chi connectivity index (χ2v) is 9.31. The van der Waals surface area contributed by atoms with Gasteiger partial charge in [0.1, 0.15) is 5.75 Å². The van der Waals surface area contributed by atoms with Crippen LogP contribution in [-0.4, -0.2) is 37.3 Å². The lowest BCUT2D eigenvalue weighted by atomic mass is 10.2. The Hall–Kier alpha value is -1.51. The average molecular weight is 455 g/mol. The monoisotopic (exact) mass is 454 g/mol. The molecule has 0 saturated heterocycles. The maximum atomic E-state index is 12.1. The second-order valence-electron chi connectivity index (χ2n) is 5.66. The molecule has 0 aliphatic carbocycles. The standard InChI is InChI=1S/C18H19BrN2O3S2/c19-16-6-5-13(26-16)12-25-10-8-20-17(22)7-9-21-14-3-1-2-4-15(14)24-11-18(21)23/h1-6H,7-12H2,(H,20,22). The van der Waals surface area contributed by atoms with Crippen LogP contribution in [0.15, 0.2) is 40.2 Å². The lowest BCUT2D eigenvalue weighted by Gasteiger charge is -2.29. The van der Waals surface area contributed by atoms with Crippen molar-refractivity contribution in [3.8, 4) is 5.75 Å². The predicted octanol–water partition coefficient (Wildman–Crippen LogP) is 3.68. The van der Waals surface area contributed by atoms with Crippen LogP contribution >= 0.6 is 39.0 Å². The molecule has 2 amide bonds. The number of anilines is 1. The molecule has 1 aromatic heterocycles. The zero-order valence-electron chi connectivity index (χ0n) is 14.1. The third kappa shape index (κ3) is 5.25. The van der Waals surface area contributed by atoms with E-state index in [0.29, 0.717) is 18.8 Å². The lowest BCUT2D eigenvalue weighted by molar-refractivity contribution is -0.122. The topological polar surface area (TPSA) is 58.6 Å². The first-order chi connectivity index (χ1) is 12.6. The number of nitrogens with one attached hydrogen (secondary N) is 1. The number of hydrogen-bond acceptors (Lipinski definition) is 5. The molecule has 1 N–H and O–H groups in total. The highest BCUT2D eigenvalue weighted by Crippen LogP contribution is 2.31. The van der Waals surface area contributed by atoms with Crippen LogP contribution in [0.4, 0.5) is 5.69 Å². The summed E-state index contributed by atoms with van der Waals surface area (Å²) in [6.07, 6.45) is 0.280. The van der Waals surface area contributed by atoms with E-state index in [1.165, 1.54) is 4.88 Å². The van der Waals surface area contributed by atoms with Crippen LogP contribution in [-0.2, 0) is 15.3 Å². The number of para-hydroxylation sites is 2. The summed E-state index contributed by atoms with van der Waals surface area (Å²) >= 11 is 6.98. The summed E-state index contributed by atoms with van der Waals surface area (Å²) in [5, 5.41) is 2.92. The smallest absolute Gasteiger partial charge is 0.265 e. The molecule has 5 nitrogen and oxygen atoms in total. The number of benzene rings is 1. The number of rotatable bonds is 8. The summed E-state index contributed by atoms with van der Waals surface area (Å²) in [7, 11) is 0. The third-order valence-electron chi connectivity index (χ3n) is 3.81. The summed E-state index contributed by atoms with van der Waals surface area (Å²) in [6, 6.07) is 11.6. The van der Waals surface area contributed by atoms with E-state index in [1.807, 2.05) is 30.3 Å². The Morgan fingerprint density at radius 3 is 2.96 bits per heavy atom. The molecule has 0 radical (unpaired) electrons. The van der Waals surface area contributed by atoms with Crippen molar-refractivity contribution >= 4 is 56.5 Å². The largest absolute Gasteiger partial charge is 0.482 e. The van der Waals surface area contributed by atoms with Gasteiger partial charge in [0.2, 0.25) is 5.91 Å². The minimum atomic E-state index is -0.117. The van der Waals surface area contributed by atoms with Crippen molar-refractivity contribution in [2.45, 2.75) is 12.2 Å². The lowest BCUT2D eigenvalue weighted by Crippen LogP contribution is -2.41. The number of hydrogen-bond donors (Lipinski definition) is 1. The second kappa shape index (κ2) is 9.43. The zero-order valence-corrected chi connectivity index (χ0v) is 17.3. The van der Waals surface area contributed by atoms with E-state index >= 15 is 0 Å². The van der Waals surface area contributed by atoms with E-state index in [4.69, 9.17) is 4.74 Å². The number of ether oxygens (including phenoxy) is 1. The van der Waals surface area contributed by atoms with Gasteiger partial charge in [-0.15, -0.1) is 11.3 Å². The number of thiophene rings is 1. The first-order valence-corrected chi connectivity index (χ1v) is 11.0.